The standard InChI is InChI=1S/C8H21N3Si/c1-10(2)8(11(3)4)9-6-5-7-12/h5-7H2,1-4,12H3. The number of hydrogen-bond acceptors (Lipinski definition) is 1. The highest BCUT2D eigenvalue weighted by Gasteiger charge is 2.01. The first-order valence-electron chi connectivity index (χ1n) is 4.48. The summed E-state index contributed by atoms with van der Waals surface area (Å²) in [6, 6.07) is 1.34. The maximum Gasteiger partial charge on any atom is 0.195 e. The molecule has 0 N–H and O–H groups in total. The summed E-state index contributed by atoms with van der Waals surface area (Å²) in [5.41, 5.74) is 0. The van der Waals surface area contributed by atoms with Crippen molar-refractivity contribution in [1.29, 1.82) is 0 Å². The number of guanidine groups is 1. The maximum atomic E-state index is 4.50. The van der Waals surface area contributed by atoms with Crippen LogP contribution in [0.1, 0.15) is 6.42 Å². The number of nitrogens with zero attached hydrogens (tertiary/aromatic N) is 3. The van der Waals surface area contributed by atoms with Gasteiger partial charge in [0.1, 0.15) is 0 Å². The van der Waals surface area contributed by atoms with Gasteiger partial charge in [0.2, 0.25) is 0 Å². The van der Waals surface area contributed by atoms with Gasteiger partial charge in [-0.05, 0) is 6.42 Å². The van der Waals surface area contributed by atoms with E-state index in [4.69, 9.17) is 0 Å². The first kappa shape index (κ1) is 11.5. The predicted molar refractivity (Wildman–Crippen MR) is 59.0 cm³/mol. The van der Waals surface area contributed by atoms with Crippen LogP contribution in [0.5, 0.6) is 0 Å². The van der Waals surface area contributed by atoms with Gasteiger partial charge in [-0.3, -0.25) is 4.99 Å². The highest BCUT2D eigenvalue weighted by molar-refractivity contribution is 6.08. The van der Waals surface area contributed by atoms with Gasteiger partial charge in [0.05, 0.1) is 0 Å². The van der Waals surface area contributed by atoms with Gasteiger partial charge < -0.3 is 9.80 Å². The third kappa shape index (κ3) is 4.38. The molecule has 0 aliphatic rings. The average molecular weight is 187 g/mol. The van der Waals surface area contributed by atoms with Crippen LogP contribution in [-0.2, 0) is 0 Å². The molecule has 0 unspecified atom stereocenters. The quantitative estimate of drug-likeness (QED) is 0.260. The van der Waals surface area contributed by atoms with E-state index in [1.54, 1.807) is 0 Å². The first-order chi connectivity index (χ1) is 5.59. The van der Waals surface area contributed by atoms with Gasteiger partial charge in [0.15, 0.2) is 5.96 Å². The zero-order valence-corrected chi connectivity index (χ0v) is 11.0. The molecule has 72 valence electrons. The Bertz CT molecular complexity index is 133. The molecule has 0 atom stereocenters. The normalized spacial score (nSPS) is 9.67. The van der Waals surface area contributed by atoms with Crippen molar-refractivity contribution in [2.75, 3.05) is 34.7 Å². The van der Waals surface area contributed by atoms with Crippen LogP contribution in [0.3, 0.4) is 0 Å². The largest absolute Gasteiger partial charge is 0.349 e. The summed E-state index contributed by atoms with van der Waals surface area (Å²) in [6.07, 6.45) is 1.23. The number of hydrogen-bond donors (Lipinski definition) is 0. The fourth-order valence-electron chi connectivity index (χ4n) is 1.02. The minimum Gasteiger partial charge on any atom is -0.349 e. The van der Waals surface area contributed by atoms with Crippen molar-refractivity contribution in [2.45, 2.75) is 12.5 Å². The van der Waals surface area contributed by atoms with E-state index in [-0.39, 0.29) is 0 Å². The van der Waals surface area contributed by atoms with E-state index in [0.29, 0.717) is 0 Å². The van der Waals surface area contributed by atoms with Crippen LogP contribution in [0, 0.1) is 0 Å². The molecule has 0 fully saturated rings. The van der Waals surface area contributed by atoms with Gasteiger partial charge in [-0.25, -0.2) is 0 Å². The van der Waals surface area contributed by atoms with Gasteiger partial charge in [-0.1, -0.05) is 6.04 Å². The molecule has 0 aromatic carbocycles. The van der Waals surface area contributed by atoms with Crippen molar-refractivity contribution in [1.82, 2.24) is 9.80 Å². The van der Waals surface area contributed by atoms with Crippen LogP contribution >= 0.6 is 0 Å². The Kier molecular flexibility index (Phi) is 5.79. The molecule has 0 amide bonds. The lowest BCUT2D eigenvalue weighted by Crippen LogP contribution is -2.35. The van der Waals surface area contributed by atoms with Crippen LogP contribution in [0.4, 0.5) is 0 Å². The van der Waals surface area contributed by atoms with E-state index < -0.39 is 0 Å². The summed E-state index contributed by atoms with van der Waals surface area (Å²) >= 11 is 0. The van der Waals surface area contributed by atoms with Crippen LogP contribution in [0.15, 0.2) is 4.99 Å². The van der Waals surface area contributed by atoms with Crippen LogP contribution in [0.2, 0.25) is 6.04 Å². The third-order valence-corrected chi connectivity index (χ3v) is 2.27. The zero-order valence-electron chi connectivity index (χ0n) is 8.96. The molecule has 0 heterocycles. The lowest BCUT2D eigenvalue weighted by atomic mass is 10.5. The molecule has 0 aliphatic carbocycles. The maximum absolute atomic E-state index is 4.50. The van der Waals surface area contributed by atoms with Gasteiger partial charge in [-0.15, -0.1) is 0 Å². The molecule has 0 aliphatic heterocycles. The molecule has 0 aromatic rings. The molecule has 12 heavy (non-hydrogen) atoms. The second-order valence-corrected chi connectivity index (χ2v) is 4.32. The van der Waals surface area contributed by atoms with Gasteiger partial charge in [0, 0.05) is 45.0 Å². The van der Waals surface area contributed by atoms with E-state index in [1.807, 2.05) is 38.0 Å². The molecule has 0 rings (SSSR count). The Balaban J connectivity index is 4.00. The molecule has 3 nitrogen and oxygen atoms in total. The highest BCUT2D eigenvalue weighted by Crippen LogP contribution is 1.92. The SMILES string of the molecule is CN(C)C(=NCCC[SiH3])N(C)C. The zero-order chi connectivity index (χ0) is 9.56. The second kappa shape index (κ2) is 6.05. The Morgan fingerprint density at radius 3 is 2.00 bits per heavy atom. The number of rotatable bonds is 3. The summed E-state index contributed by atoms with van der Waals surface area (Å²) in [4.78, 5) is 8.60. The monoisotopic (exact) mass is 187 g/mol. The van der Waals surface area contributed by atoms with Crippen molar-refractivity contribution in [3.8, 4) is 0 Å². The van der Waals surface area contributed by atoms with E-state index in [2.05, 4.69) is 4.99 Å². The van der Waals surface area contributed by atoms with Crippen molar-refractivity contribution in [3.05, 3.63) is 0 Å². The third-order valence-electron chi connectivity index (χ3n) is 1.56. The van der Waals surface area contributed by atoms with Crippen molar-refractivity contribution < 1.29 is 0 Å². The van der Waals surface area contributed by atoms with Crippen LogP contribution in [0.25, 0.3) is 0 Å². The minimum absolute atomic E-state index is 0.967. The topological polar surface area (TPSA) is 18.8 Å². The predicted octanol–water partition coefficient (Wildman–Crippen LogP) is -0.361. The van der Waals surface area contributed by atoms with E-state index >= 15 is 0 Å². The van der Waals surface area contributed by atoms with Gasteiger partial charge in [0.25, 0.3) is 0 Å². The Hall–Kier alpha value is -0.513. The minimum atomic E-state index is 0.967. The molecular weight excluding hydrogens is 166 g/mol. The van der Waals surface area contributed by atoms with Crippen LogP contribution in [-0.4, -0.2) is 60.7 Å². The first-order valence-corrected chi connectivity index (χ1v) is 5.90. The van der Waals surface area contributed by atoms with Gasteiger partial charge in [-0.2, -0.15) is 0 Å². The summed E-state index contributed by atoms with van der Waals surface area (Å²) in [5, 5.41) is 0. The van der Waals surface area contributed by atoms with Crippen LogP contribution < -0.4 is 0 Å². The average Bonchev–Trinajstić information content (AvgIpc) is 1.96. The molecule has 0 radical (unpaired) electrons. The molecule has 0 saturated heterocycles. The summed E-state index contributed by atoms with van der Waals surface area (Å²) in [5.74, 6) is 1.06. The molecular formula is C8H21N3Si. The van der Waals surface area contributed by atoms with Crippen molar-refractivity contribution in [3.63, 3.8) is 0 Å². The molecule has 0 aromatic heterocycles. The smallest absolute Gasteiger partial charge is 0.195 e. The lowest BCUT2D eigenvalue weighted by Gasteiger charge is -2.22. The Morgan fingerprint density at radius 1 is 1.17 bits per heavy atom. The van der Waals surface area contributed by atoms with Gasteiger partial charge >= 0.3 is 0 Å². The molecule has 0 spiro atoms. The fraction of sp³-hybridized carbons (Fsp3) is 0.875. The molecule has 0 bridgehead atoms. The summed E-state index contributed by atoms with van der Waals surface area (Å²) in [7, 11) is 9.40. The Labute approximate surface area is 78.9 Å². The van der Waals surface area contributed by atoms with Crippen molar-refractivity contribution in [2.24, 2.45) is 4.99 Å². The Morgan fingerprint density at radius 2 is 1.67 bits per heavy atom. The molecule has 4 heteroatoms. The van der Waals surface area contributed by atoms with Crippen molar-refractivity contribution >= 4 is 16.2 Å². The van der Waals surface area contributed by atoms with E-state index in [1.165, 1.54) is 22.7 Å². The van der Waals surface area contributed by atoms with E-state index in [0.717, 1.165) is 12.5 Å². The lowest BCUT2D eigenvalue weighted by molar-refractivity contribution is 0.479. The second-order valence-electron chi connectivity index (χ2n) is 3.32. The highest BCUT2D eigenvalue weighted by atomic mass is 28.1. The fourth-order valence-corrected chi connectivity index (χ4v) is 1.34. The number of aliphatic imine (C=N–C) groups is 1. The van der Waals surface area contributed by atoms with E-state index in [9.17, 15) is 0 Å². The summed E-state index contributed by atoms with van der Waals surface area (Å²) < 4.78 is 0. The summed E-state index contributed by atoms with van der Waals surface area (Å²) in [6.45, 7) is 0.967. The molecule has 0 saturated carbocycles.